The molecule has 1 rings (SSSR count). The Bertz CT molecular complexity index is 201. The lowest BCUT2D eigenvalue weighted by Gasteiger charge is -2.29. The van der Waals surface area contributed by atoms with Crippen LogP contribution in [-0.2, 0) is 4.74 Å². The molecule has 3 heteroatoms. The van der Waals surface area contributed by atoms with Gasteiger partial charge in [0.2, 0.25) is 0 Å². The van der Waals surface area contributed by atoms with Crippen LogP contribution < -0.4 is 5.73 Å². The van der Waals surface area contributed by atoms with Crippen LogP contribution in [0.15, 0.2) is 0 Å². The molecule has 1 saturated heterocycles. The van der Waals surface area contributed by atoms with E-state index in [-0.39, 0.29) is 0 Å². The van der Waals surface area contributed by atoms with Crippen LogP contribution >= 0.6 is 0 Å². The highest BCUT2D eigenvalue weighted by molar-refractivity contribution is 4.78. The van der Waals surface area contributed by atoms with Gasteiger partial charge in [-0.05, 0) is 43.7 Å². The van der Waals surface area contributed by atoms with E-state index in [2.05, 4.69) is 25.7 Å². The maximum atomic E-state index is 5.45. The fourth-order valence-corrected chi connectivity index (χ4v) is 2.62. The molecule has 3 nitrogen and oxygen atoms in total. The van der Waals surface area contributed by atoms with E-state index in [1.54, 1.807) is 0 Å². The van der Waals surface area contributed by atoms with Gasteiger partial charge in [-0.2, -0.15) is 0 Å². The lowest BCUT2D eigenvalue weighted by atomic mass is 9.77. The first kappa shape index (κ1) is 14.9. The molecule has 2 N–H and O–H groups in total. The van der Waals surface area contributed by atoms with Crippen LogP contribution in [0.25, 0.3) is 0 Å². The van der Waals surface area contributed by atoms with Crippen molar-refractivity contribution in [2.24, 2.45) is 17.1 Å². The zero-order valence-corrected chi connectivity index (χ0v) is 11.9. The van der Waals surface area contributed by atoms with Crippen molar-refractivity contribution in [1.82, 2.24) is 4.90 Å². The molecule has 1 aliphatic rings. The van der Waals surface area contributed by atoms with Gasteiger partial charge in [-0.1, -0.05) is 20.8 Å². The van der Waals surface area contributed by atoms with Gasteiger partial charge in [0.15, 0.2) is 0 Å². The average molecular weight is 242 g/mol. The molecule has 0 radical (unpaired) electrons. The molecule has 0 aliphatic carbocycles. The number of hydrogen-bond donors (Lipinski definition) is 1. The van der Waals surface area contributed by atoms with E-state index in [1.165, 1.54) is 32.4 Å². The summed E-state index contributed by atoms with van der Waals surface area (Å²) in [5.41, 5.74) is 5.86. The van der Waals surface area contributed by atoms with Gasteiger partial charge in [-0.15, -0.1) is 0 Å². The maximum absolute atomic E-state index is 5.45. The van der Waals surface area contributed by atoms with Crippen LogP contribution in [0.3, 0.4) is 0 Å². The zero-order chi connectivity index (χ0) is 12.7. The van der Waals surface area contributed by atoms with Gasteiger partial charge in [0, 0.05) is 13.1 Å². The first-order valence-corrected chi connectivity index (χ1v) is 7.04. The molecule has 1 aliphatic heterocycles. The van der Waals surface area contributed by atoms with Crippen molar-refractivity contribution < 1.29 is 4.74 Å². The van der Waals surface area contributed by atoms with Crippen molar-refractivity contribution >= 4 is 0 Å². The van der Waals surface area contributed by atoms with Crippen molar-refractivity contribution in [2.45, 2.75) is 40.0 Å². The van der Waals surface area contributed by atoms with E-state index in [0.29, 0.717) is 18.6 Å². The quantitative estimate of drug-likeness (QED) is 0.750. The van der Waals surface area contributed by atoms with Gasteiger partial charge in [0.05, 0.1) is 13.2 Å². The number of likely N-dealkylation sites (tertiary alicyclic amines) is 1. The summed E-state index contributed by atoms with van der Waals surface area (Å²) in [6.45, 7) is 12.8. The molecule has 1 heterocycles. The number of nitrogens with two attached hydrogens (primary N) is 1. The van der Waals surface area contributed by atoms with E-state index >= 15 is 0 Å². The second-order valence-electron chi connectivity index (χ2n) is 6.24. The van der Waals surface area contributed by atoms with Crippen molar-refractivity contribution in [2.75, 3.05) is 39.4 Å². The Labute approximate surface area is 107 Å². The Morgan fingerprint density at radius 1 is 1.18 bits per heavy atom. The molecular weight excluding hydrogens is 212 g/mol. The third-order valence-corrected chi connectivity index (χ3v) is 3.86. The third-order valence-electron chi connectivity index (χ3n) is 3.86. The van der Waals surface area contributed by atoms with Crippen molar-refractivity contribution in [3.63, 3.8) is 0 Å². The Kier molecular flexibility index (Phi) is 6.45. The van der Waals surface area contributed by atoms with Gasteiger partial charge in [0.1, 0.15) is 0 Å². The highest BCUT2D eigenvalue weighted by Crippen LogP contribution is 2.34. The minimum Gasteiger partial charge on any atom is -0.379 e. The van der Waals surface area contributed by atoms with Crippen molar-refractivity contribution in [3.05, 3.63) is 0 Å². The Morgan fingerprint density at radius 3 is 2.59 bits per heavy atom. The fraction of sp³-hybridized carbons (Fsp3) is 1.00. The lowest BCUT2D eigenvalue weighted by molar-refractivity contribution is 0.109. The summed E-state index contributed by atoms with van der Waals surface area (Å²) in [6.07, 6.45) is 4.04. The van der Waals surface area contributed by atoms with Gasteiger partial charge in [-0.25, -0.2) is 0 Å². The molecule has 0 aromatic carbocycles. The van der Waals surface area contributed by atoms with E-state index in [1.807, 2.05) is 0 Å². The lowest BCUT2D eigenvalue weighted by Crippen LogP contribution is -2.30. The van der Waals surface area contributed by atoms with Crippen LogP contribution in [0.1, 0.15) is 40.0 Å². The standard InChI is InChI=1S/C14H30N2O/c1-14(2,3)13-5-4-8-16(9-6-13)10-12-17-11-7-15/h13H,4-12,15H2,1-3H3. The first-order chi connectivity index (χ1) is 8.04. The number of ether oxygens (including phenoxy) is 1. The van der Waals surface area contributed by atoms with Crippen LogP contribution in [0.2, 0.25) is 0 Å². The summed E-state index contributed by atoms with van der Waals surface area (Å²) >= 11 is 0. The van der Waals surface area contributed by atoms with Crippen LogP contribution in [0, 0.1) is 11.3 Å². The zero-order valence-electron chi connectivity index (χ0n) is 11.9. The summed E-state index contributed by atoms with van der Waals surface area (Å²) < 4.78 is 5.45. The van der Waals surface area contributed by atoms with E-state index in [4.69, 9.17) is 10.5 Å². The molecule has 1 fully saturated rings. The predicted molar refractivity (Wildman–Crippen MR) is 73.1 cm³/mol. The highest BCUT2D eigenvalue weighted by Gasteiger charge is 2.26. The van der Waals surface area contributed by atoms with E-state index < -0.39 is 0 Å². The van der Waals surface area contributed by atoms with Crippen molar-refractivity contribution in [3.8, 4) is 0 Å². The molecule has 0 aromatic heterocycles. The normalized spacial score (nSPS) is 23.6. The second kappa shape index (κ2) is 7.34. The molecule has 102 valence electrons. The predicted octanol–water partition coefficient (Wildman–Crippen LogP) is 2.11. The van der Waals surface area contributed by atoms with Crippen LogP contribution in [0.4, 0.5) is 0 Å². The summed E-state index contributed by atoms with van der Waals surface area (Å²) in [7, 11) is 0. The van der Waals surface area contributed by atoms with Gasteiger partial charge >= 0.3 is 0 Å². The number of nitrogens with zero attached hydrogens (tertiary/aromatic N) is 1. The summed E-state index contributed by atoms with van der Waals surface area (Å²) in [6, 6.07) is 0. The highest BCUT2D eigenvalue weighted by atomic mass is 16.5. The van der Waals surface area contributed by atoms with Crippen molar-refractivity contribution in [1.29, 1.82) is 0 Å². The largest absolute Gasteiger partial charge is 0.379 e. The Morgan fingerprint density at radius 2 is 1.94 bits per heavy atom. The molecule has 1 atom stereocenters. The molecular formula is C14H30N2O. The van der Waals surface area contributed by atoms with Gasteiger partial charge < -0.3 is 15.4 Å². The monoisotopic (exact) mass is 242 g/mol. The van der Waals surface area contributed by atoms with Crippen LogP contribution in [0.5, 0.6) is 0 Å². The SMILES string of the molecule is CC(C)(C)C1CCCN(CCOCCN)CC1. The molecule has 0 spiro atoms. The second-order valence-corrected chi connectivity index (χ2v) is 6.24. The topological polar surface area (TPSA) is 38.5 Å². The van der Waals surface area contributed by atoms with Gasteiger partial charge in [0.25, 0.3) is 0 Å². The minimum atomic E-state index is 0.464. The first-order valence-electron chi connectivity index (χ1n) is 7.04. The van der Waals surface area contributed by atoms with E-state index in [9.17, 15) is 0 Å². The maximum Gasteiger partial charge on any atom is 0.0594 e. The summed E-state index contributed by atoms with van der Waals surface area (Å²) in [5.74, 6) is 0.873. The molecule has 17 heavy (non-hydrogen) atoms. The van der Waals surface area contributed by atoms with Gasteiger partial charge in [-0.3, -0.25) is 0 Å². The molecule has 0 bridgehead atoms. The molecule has 0 saturated carbocycles. The minimum absolute atomic E-state index is 0.464. The summed E-state index contributed by atoms with van der Waals surface area (Å²) in [4.78, 5) is 2.54. The molecule has 1 unspecified atom stereocenters. The fourth-order valence-electron chi connectivity index (χ4n) is 2.62. The van der Waals surface area contributed by atoms with E-state index in [0.717, 1.165) is 19.1 Å². The summed E-state index contributed by atoms with van der Waals surface area (Å²) in [5, 5.41) is 0. The number of rotatable bonds is 5. The average Bonchev–Trinajstić information content (AvgIpc) is 2.49. The third kappa shape index (κ3) is 5.84. The molecule has 0 aromatic rings. The smallest absolute Gasteiger partial charge is 0.0594 e. The number of hydrogen-bond acceptors (Lipinski definition) is 3. The van der Waals surface area contributed by atoms with Crippen LogP contribution in [-0.4, -0.2) is 44.3 Å². The Balaban J connectivity index is 2.23. The molecule has 0 amide bonds. The Hall–Kier alpha value is -0.120.